The van der Waals surface area contributed by atoms with Crippen LogP contribution in [0.2, 0.25) is 0 Å². The molecule has 2 rings (SSSR count). The molecule has 0 saturated heterocycles. The van der Waals surface area contributed by atoms with Gasteiger partial charge >= 0.3 is 0 Å². The zero-order valence-corrected chi connectivity index (χ0v) is 9.60. The van der Waals surface area contributed by atoms with Crippen molar-refractivity contribution in [3.05, 3.63) is 54.8 Å². The van der Waals surface area contributed by atoms with Gasteiger partial charge in [0, 0.05) is 28.9 Å². The van der Waals surface area contributed by atoms with Crippen LogP contribution < -0.4 is 5.32 Å². The number of anilines is 1. The summed E-state index contributed by atoms with van der Waals surface area (Å²) in [7, 11) is 0. The van der Waals surface area contributed by atoms with Crippen LogP contribution in [0.1, 0.15) is 6.92 Å². The number of fused-ring (bicyclic) bond motifs is 1. The lowest BCUT2D eigenvalue weighted by atomic mass is 10.2. The number of rotatable bonds is 3. The Bertz CT molecular complexity index is 579. The van der Waals surface area contributed by atoms with E-state index >= 15 is 0 Å². The van der Waals surface area contributed by atoms with Gasteiger partial charge in [-0.25, -0.2) is 0 Å². The van der Waals surface area contributed by atoms with Gasteiger partial charge in [0.2, 0.25) is 5.91 Å². The third kappa shape index (κ3) is 2.84. The summed E-state index contributed by atoms with van der Waals surface area (Å²) in [6.07, 6.45) is 8.78. The summed E-state index contributed by atoms with van der Waals surface area (Å²) in [6, 6.07) is 7.73. The molecule has 3 nitrogen and oxygen atoms in total. The Kier molecular flexibility index (Phi) is 3.40. The van der Waals surface area contributed by atoms with E-state index in [4.69, 9.17) is 0 Å². The highest BCUT2D eigenvalue weighted by molar-refractivity contribution is 6.00. The first-order valence-corrected chi connectivity index (χ1v) is 5.47. The van der Waals surface area contributed by atoms with Gasteiger partial charge in [0.1, 0.15) is 0 Å². The van der Waals surface area contributed by atoms with Crippen molar-refractivity contribution in [2.75, 3.05) is 5.32 Å². The fourth-order valence-electron chi connectivity index (χ4n) is 1.57. The van der Waals surface area contributed by atoms with Crippen LogP contribution >= 0.6 is 0 Å². The van der Waals surface area contributed by atoms with Gasteiger partial charge in [0.15, 0.2) is 0 Å². The Labute approximate surface area is 99.8 Å². The second kappa shape index (κ2) is 5.16. The summed E-state index contributed by atoms with van der Waals surface area (Å²) < 4.78 is 0. The molecule has 0 atom stereocenters. The second-order valence-corrected chi connectivity index (χ2v) is 3.65. The highest BCUT2D eigenvalue weighted by Crippen LogP contribution is 2.17. The zero-order chi connectivity index (χ0) is 12.1. The summed E-state index contributed by atoms with van der Waals surface area (Å²) >= 11 is 0. The lowest BCUT2D eigenvalue weighted by Crippen LogP contribution is -2.07. The molecule has 0 unspecified atom stereocenters. The van der Waals surface area contributed by atoms with Crippen LogP contribution in [0.5, 0.6) is 0 Å². The molecular weight excluding hydrogens is 212 g/mol. The molecule has 1 aromatic carbocycles. The Balaban J connectivity index is 2.10. The number of allylic oxidation sites excluding steroid dienone is 3. The normalized spacial score (nSPS) is 11.6. The van der Waals surface area contributed by atoms with E-state index in [0.717, 1.165) is 16.6 Å². The largest absolute Gasteiger partial charge is 0.361 e. The molecule has 3 heteroatoms. The van der Waals surface area contributed by atoms with Gasteiger partial charge in [-0.2, -0.15) is 0 Å². The van der Waals surface area contributed by atoms with Crippen LogP contribution in [0.15, 0.2) is 54.8 Å². The van der Waals surface area contributed by atoms with E-state index in [9.17, 15) is 4.79 Å². The highest BCUT2D eigenvalue weighted by atomic mass is 16.1. The van der Waals surface area contributed by atoms with E-state index in [-0.39, 0.29) is 5.91 Å². The molecule has 86 valence electrons. The number of nitrogens with one attached hydrogen (secondary N) is 2. The first kappa shape index (κ1) is 11.2. The molecule has 0 bridgehead atoms. The van der Waals surface area contributed by atoms with Crippen molar-refractivity contribution in [3.8, 4) is 0 Å². The van der Waals surface area contributed by atoms with E-state index in [1.165, 1.54) is 6.08 Å². The van der Waals surface area contributed by atoms with Crippen LogP contribution in [-0.4, -0.2) is 10.9 Å². The van der Waals surface area contributed by atoms with Crippen molar-refractivity contribution < 1.29 is 4.79 Å². The molecule has 0 fully saturated rings. The number of aromatic nitrogens is 1. The van der Waals surface area contributed by atoms with E-state index < -0.39 is 0 Å². The zero-order valence-electron chi connectivity index (χ0n) is 9.60. The molecule has 0 aliphatic rings. The minimum Gasteiger partial charge on any atom is -0.361 e. The van der Waals surface area contributed by atoms with E-state index in [0.29, 0.717) is 0 Å². The maximum absolute atomic E-state index is 11.5. The topological polar surface area (TPSA) is 44.9 Å². The van der Waals surface area contributed by atoms with Gasteiger partial charge in [-0.05, 0) is 31.2 Å². The van der Waals surface area contributed by atoms with E-state index in [1.807, 2.05) is 49.5 Å². The average molecular weight is 226 g/mol. The van der Waals surface area contributed by atoms with Gasteiger partial charge < -0.3 is 10.3 Å². The minimum absolute atomic E-state index is 0.127. The molecule has 2 N–H and O–H groups in total. The van der Waals surface area contributed by atoms with Crippen molar-refractivity contribution in [1.29, 1.82) is 0 Å². The molecule has 1 aromatic heterocycles. The van der Waals surface area contributed by atoms with Crippen molar-refractivity contribution >= 4 is 22.5 Å². The molecular formula is C14H14N2O. The lowest BCUT2D eigenvalue weighted by molar-refractivity contribution is -0.111. The number of amides is 1. The molecule has 2 aromatic rings. The molecule has 17 heavy (non-hydrogen) atoms. The van der Waals surface area contributed by atoms with Crippen LogP contribution in [-0.2, 0) is 4.79 Å². The number of H-pyrrole nitrogens is 1. The van der Waals surface area contributed by atoms with Crippen LogP contribution in [0.25, 0.3) is 10.9 Å². The van der Waals surface area contributed by atoms with Crippen molar-refractivity contribution in [2.45, 2.75) is 6.92 Å². The summed E-state index contributed by atoms with van der Waals surface area (Å²) in [5.74, 6) is -0.127. The maximum atomic E-state index is 11.5. The Morgan fingerprint density at radius 2 is 2.18 bits per heavy atom. The van der Waals surface area contributed by atoms with Crippen LogP contribution in [0.4, 0.5) is 5.69 Å². The Morgan fingerprint density at radius 1 is 1.29 bits per heavy atom. The fraction of sp³-hybridized carbons (Fsp3) is 0.0714. The van der Waals surface area contributed by atoms with E-state index in [2.05, 4.69) is 10.3 Å². The van der Waals surface area contributed by atoms with Gasteiger partial charge in [0.25, 0.3) is 0 Å². The number of carbonyl (C=O) groups excluding carboxylic acids is 1. The third-order valence-electron chi connectivity index (χ3n) is 2.37. The second-order valence-electron chi connectivity index (χ2n) is 3.65. The molecule has 0 aliphatic carbocycles. The standard InChI is InChI=1S/C14H14N2O/c1-2-3-4-5-14(17)16-12-6-7-13-11(10-12)8-9-15-13/h2-10,15H,1H3,(H,16,17)/b3-2+,5-4+. The van der Waals surface area contributed by atoms with Crippen molar-refractivity contribution in [3.63, 3.8) is 0 Å². The smallest absolute Gasteiger partial charge is 0.248 e. The maximum Gasteiger partial charge on any atom is 0.248 e. The quantitative estimate of drug-likeness (QED) is 0.612. The number of carbonyl (C=O) groups is 1. The van der Waals surface area contributed by atoms with Gasteiger partial charge in [-0.1, -0.05) is 18.2 Å². The molecule has 0 radical (unpaired) electrons. The monoisotopic (exact) mass is 226 g/mol. The molecule has 1 amide bonds. The SMILES string of the molecule is C/C=C/C=C/C(=O)Nc1ccc2[nH]ccc2c1. The Morgan fingerprint density at radius 3 is 3.00 bits per heavy atom. The highest BCUT2D eigenvalue weighted by Gasteiger charge is 1.99. The number of benzene rings is 1. The molecule has 0 spiro atoms. The average Bonchev–Trinajstić information content (AvgIpc) is 2.76. The number of hydrogen-bond donors (Lipinski definition) is 2. The lowest BCUT2D eigenvalue weighted by Gasteiger charge is -2.01. The predicted molar refractivity (Wildman–Crippen MR) is 70.9 cm³/mol. The summed E-state index contributed by atoms with van der Waals surface area (Å²) in [6.45, 7) is 1.90. The summed E-state index contributed by atoms with van der Waals surface area (Å²) in [4.78, 5) is 14.6. The van der Waals surface area contributed by atoms with Gasteiger partial charge in [-0.3, -0.25) is 4.79 Å². The third-order valence-corrected chi connectivity index (χ3v) is 2.37. The van der Waals surface area contributed by atoms with Crippen molar-refractivity contribution in [1.82, 2.24) is 4.98 Å². The summed E-state index contributed by atoms with van der Waals surface area (Å²) in [5, 5.41) is 3.89. The first-order chi connectivity index (χ1) is 8.29. The van der Waals surface area contributed by atoms with Gasteiger partial charge in [0.05, 0.1) is 0 Å². The molecule has 1 heterocycles. The Hall–Kier alpha value is -2.29. The number of hydrogen-bond acceptors (Lipinski definition) is 1. The first-order valence-electron chi connectivity index (χ1n) is 5.47. The van der Waals surface area contributed by atoms with Gasteiger partial charge in [-0.15, -0.1) is 0 Å². The minimum atomic E-state index is -0.127. The molecule has 0 saturated carbocycles. The predicted octanol–water partition coefficient (Wildman–Crippen LogP) is 3.24. The summed E-state index contributed by atoms with van der Waals surface area (Å²) in [5.41, 5.74) is 1.86. The number of aromatic amines is 1. The van der Waals surface area contributed by atoms with Crippen molar-refractivity contribution in [2.24, 2.45) is 0 Å². The van der Waals surface area contributed by atoms with E-state index in [1.54, 1.807) is 6.08 Å². The van der Waals surface area contributed by atoms with Crippen LogP contribution in [0, 0.1) is 0 Å². The molecule has 0 aliphatic heterocycles. The fourth-order valence-corrected chi connectivity index (χ4v) is 1.57. The van der Waals surface area contributed by atoms with Crippen LogP contribution in [0.3, 0.4) is 0 Å².